The summed E-state index contributed by atoms with van der Waals surface area (Å²) in [5, 5.41) is 0. The minimum absolute atomic E-state index is 1.02. The molecule has 0 atom stereocenters. The number of nitrogens with zero attached hydrogens (tertiary/aromatic N) is 2. The highest BCUT2D eigenvalue weighted by Gasteiger charge is 2.08. The number of aryl methyl sites for hydroxylation is 2. The molecule has 3 aromatic rings. The Morgan fingerprint density at radius 1 is 1.17 bits per heavy atom. The number of aromatic nitrogens is 2. The first kappa shape index (κ1) is 11.7. The molecule has 3 rings (SSSR count). The van der Waals surface area contributed by atoms with E-state index in [0.29, 0.717) is 0 Å². The van der Waals surface area contributed by atoms with Crippen molar-refractivity contribution in [1.29, 1.82) is 0 Å². The SMILES string of the molecule is Cc1ccc(-c2cn3cccc(I)c3n2)c(C)c1. The first-order valence-corrected chi connectivity index (χ1v) is 6.94. The van der Waals surface area contributed by atoms with Crippen molar-refractivity contribution in [3.8, 4) is 11.3 Å². The summed E-state index contributed by atoms with van der Waals surface area (Å²) < 4.78 is 3.25. The zero-order valence-corrected chi connectivity index (χ0v) is 12.5. The number of hydrogen-bond donors (Lipinski definition) is 0. The maximum atomic E-state index is 4.73. The third kappa shape index (κ3) is 1.92. The molecule has 18 heavy (non-hydrogen) atoms. The largest absolute Gasteiger partial charge is 0.306 e. The Kier molecular flexibility index (Phi) is 2.86. The molecule has 2 aromatic heterocycles. The van der Waals surface area contributed by atoms with Gasteiger partial charge in [0.25, 0.3) is 0 Å². The summed E-state index contributed by atoms with van der Waals surface area (Å²) in [5.41, 5.74) is 5.83. The highest BCUT2D eigenvalue weighted by atomic mass is 127. The quantitative estimate of drug-likeness (QED) is 0.602. The van der Waals surface area contributed by atoms with Gasteiger partial charge in [-0.05, 0) is 54.1 Å². The molecule has 0 amide bonds. The second kappa shape index (κ2) is 4.39. The maximum absolute atomic E-state index is 4.73. The van der Waals surface area contributed by atoms with Gasteiger partial charge in [0.1, 0.15) is 0 Å². The van der Waals surface area contributed by atoms with Crippen LogP contribution < -0.4 is 0 Å². The number of hydrogen-bond acceptors (Lipinski definition) is 1. The Morgan fingerprint density at radius 3 is 2.72 bits per heavy atom. The molecule has 2 heterocycles. The highest BCUT2D eigenvalue weighted by molar-refractivity contribution is 14.1. The number of benzene rings is 1. The minimum atomic E-state index is 1.02. The van der Waals surface area contributed by atoms with Crippen molar-refractivity contribution >= 4 is 28.2 Å². The lowest BCUT2D eigenvalue weighted by atomic mass is 10.0. The fourth-order valence-corrected chi connectivity index (χ4v) is 2.82. The van der Waals surface area contributed by atoms with Crippen LogP contribution in [0, 0.1) is 17.4 Å². The lowest BCUT2D eigenvalue weighted by Crippen LogP contribution is -1.84. The molecular weight excluding hydrogens is 335 g/mol. The third-order valence-electron chi connectivity index (χ3n) is 3.09. The van der Waals surface area contributed by atoms with E-state index in [4.69, 9.17) is 4.98 Å². The van der Waals surface area contributed by atoms with Gasteiger partial charge in [-0.15, -0.1) is 0 Å². The maximum Gasteiger partial charge on any atom is 0.150 e. The van der Waals surface area contributed by atoms with Crippen molar-refractivity contribution in [2.45, 2.75) is 13.8 Å². The molecule has 2 nitrogen and oxygen atoms in total. The van der Waals surface area contributed by atoms with Crippen LogP contribution in [0.1, 0.15) is 11.1 Å². The Bertz CT molecular complexity index is 728. The average Bonchev–Trinajstić information content (AvgIpc) is 2.74. The molecule has 0 aliphatic carbocycles. The van der Waals surface area contributed by atoms with Gasteiger partial charge in [-0.2, -0.15) is 0 Å². The molecule has 3 heteroatoms. The third-order valence-corrected chi connectivity index (χ3v) is 3.94. The van der Waals surface area contributed by atoms with Crippen molar-refractivity contribution in [2.24, 2.45) is 0 Å². The molecule has 0 N–H and O–H groups in total. The van der Waals surface area contributed by atoms with Crippen LogP contribution in [0.5, 0.6) is 0 Å². The molecule has 0 spiro atoms. The lowest BCUT2D eigenvalue weighted by molar-refractivity contribution is 1.18. The Balaban J connectivity index is 2.23. The Morgan fingerprint density at radius 2 is 2.00 bits per heavy atom. The van der Waals surface area contributed by atoms with E-state index in [-0.39, 0.29) is 0 Å². The summed E-state index contributed by atoms with van der Waals surface area (Å²) in [7, 11) is 0. The van der Waals surface area contributed by atoms with Crippen molar-refractivity contribution in [3.63, 3.8) is 0 Å². The molecule has 0 aliphatic rings. The Labute approximate surface area is 120 Å². The normalized spacial score (nSPS) is 11.1. The predicted octanol–water partition coefficient (Wildman–Crippen LogP) is 4.22. The van der Waals surface area contributed by atoms with E-state index in [9.17, 15) is 0 Å². The van der Waals surface area contributed by atoms with Crippen molar-refractivity contribution in [3.05, 3.63) is 57.4 Å². The predicted molar refractivity (Wildman–Crippen MR) is 82.8 cm³/mol. The van der Waals surface area contributed by atoms with E-state index < -0.39 is 0 Å². The lowest BCUT2D eigenvalue weighted by Gasteiger charge is -2.02. The van der Waals surface area contributed by atoms with Crippen LogP contribution in [0.2, 0.25) is 0 Å². The van der Waals surface area contributed by atoms with Gasteiger partial charge in [-0.1, -0.05) is 23.8 Å². The minimum Gasteiger partial charge on any atom is -0.306 e. The Hall–Kier alpha value is -1.36. The van der Waals surface area contributed by atoms with Gasteiger partial charge in [0.2, 0.25) is 0 Å². The van der Waals surface area contributed by atoms with Crippen molar-refractivity contribution in [1.82, 2.24) is 9.38 Å². The molecule has 0 aliphatic heterocycles. The van der Waals surface area contributed by atoms with Crippen molar-refractivity contribution < 1.29 is 0 Å². The van der Waals surface area contributed by atoms with Gasteiger partial charge in [0.15, 0.2) is 5.65 Å². The number of rotatable bonds is 1. The fraction of sp³-hybridized carbons (Fsp3) is 0.133. The van der Waals surface area contributed by atoms with Gasteiger partial charge in [-0.25, -0.2) is 4.98 Å². The zero-order valence-electron chi connectivity index (χ0n) is 10.3. The zero-order chi connectivity index (χ0) is 12.7. The van der Waals surface area contributed by atoms with Gasteiger partial charge in [0.05, 0.1) is 9.26 Å². The molecule has 0 fully saturated rings. The summed E-state index contributed by atoms with van der Waals surface area (Å²) in [6.45, 7) is 4.25. The molecule has 0 unspecified atom stereocenters. The van der Waals surface area contributed by atoms with Crippen LogP contribution in [0.3, 0.4) is 0 Å². The summed E-state index contributed by atoms with van der Waals surface area (Å²) in [6.07, 6.45) is 4.13. The van der Waals surface area contributed by atoms with Crippen LogP contribution in [0.25, 0.3) is 16.9 Å². The molecule has 90 valence electrons. The van der Waals surface area contributed by atoms with E-state index in [0.717, 1.165) is 11.3 Å². The second-order valence-corrected chi connectivity index (χ2v) is 5.69. The molecule has 0 radical (unpaired) electrons. The summed E-state index contributed by atoms with van der Waals surface area (Å²) in [6, 6.07) is 10.6. The van der Waals surface area contributed by atoms with E-state index >= 15 is 0 Å². The monoisotopic (exact) mass is 348 g/mol. The average molecular weight is 348 g/mol. The van der Waals surface area contributed by atoms with Crippen LogP contribution in [0.4, 0.5) is 0 Å². The fourth-order valence-electron chi connectivity index (χ4n) is 2.21. The molecule has 1 aromatic carbocycles. The first-order valence-electron chi connectivity index (χ1n) is 5.86. The van der Waals surface area contributed by atoms with Crippen LogP contribution in [-0.4, -0.2) is 9.38 Å². The van der Waals surface area contributed by atoms with E-state index in [2.05, 4.69) is 71.3 Å². The summed E-state index contributed by atoms with van der Waals surface area (Å²) in [4.78, 5) is 4.73. The van der Waals surface area contributed by atoms with Gasteiger partial charge < -0.3 is 4.40 Å². The number of halogens is 1. The van der Waals surface area contributed by atoms with Crippen molar-refractivity contribution in [2.75, 3.05) is 0 Å². The second-order valence-electron chi connectivity index (χ2n) is 4.53. The van der Waals surface area contributed by atoms with Gasteiger partial charge in [0, 0.05) is 18.0 Å². The molecule has 0 bridgehead atoms. The van der Waals surface area contributed by atoms with E-state index in [1.807, 2.05) is 12.3 Å². The van der Waals surface area contributed by atoms with E-state index in [1.54, 1.807) is 0 Å². The van der Waals surface area contributed by atoms with Gasteiger partial charge in [-0.3, -0.25) is 0 Å². The van der Waals surface area contributed by atoms with E-state index in [1.165, 1.54) is 20.3 Å². The smallest absolute Gasteiger partial charge is 0.150 e. The molecule has 0 saturated heterocycles. The van der Waals surface area contributed by atoms with Crippen LogP contribution in [-0.2, 0) is 0 Å². The molecular formula is C15H13IN2. The summed E-state index contributed by atoms with van der Waals surface area (Å²) in [5.74, 6) is 0. The highest BCUT2D eigenvalue weighted by Crippen LogP contribution is 2.25. The number of pyridine rings is 1. The number of imidazole rings is 1. The topological polar surface area (TPSA) is 17.3 Å². The van der Waals surface area contributed by atoms with Crippen LogP contribution in [0.15, 0.2) is 42.7 Å². The standard InChI is InChI=1S/C15H13IN2/c1-10-5-6-12(11(2)8-10)14-9-18-7-3-4-13(16)15(18)17-14/h3-9H,1-2H3. The summed E-state index contributed by atoms with van der Waals surface area (Å²) >= 11 is 2.32. The first-order chi connectivity index (χ1) is 8.65. The molecule has 0 saturated carbocycles. The number of fused-ring (bicyclic) bond motifs is 1. The van der Waals surface area contributed by atoms with Gasteiger partial charge >= 0.3 is 0 Å². The van der Waals surface area contributed by atoms with Crippen LogP contribution >= 0.6 is 22.6 Å².